The van der Waals surface area contributed by atoms with Crippen molar-refractivity contribution in [1.82, 2.24) is 30.4 Å². The van der Waals surface area contributed by atoms with Crippen molar-refractivity contribution >= 4 is 18.3 Å². The van der Waals surface area contributed by atoms with Gasteiger partial charge in [-0.1, -0.05) is 30.3 Å². The van der Waals surface area contributed by atoms with Crippen LogP contribution in [-0.4, -0.2) is 57.7 Å². The number of nitrogens with zero attached hydrogens (tertiary/aromatic N) is 5. The number of tetrazole rings is 1. The van der Waals surface area contributed by atoms with Crippen LogP contribution in [0, 0.1) is 12.8 Å². The monoisotopic (exact) mass is 378 g/mol. The average molecular weight is 379 g/mol. The smallest absolute Gasteiger partial charge is 0.247 e. The fourth-order valence-electron chi connectivity index (χ4n) is 3.50. The molecule has 1 N–H and O–H groups in total. The Kier molecular flexibility index (Phi) is 7.53. The van der Waals surface area contributed by atoms with E-state index in [9.17, 15) is 4.79 Å². The Morgan fingerprint density at radius 3 is 2.54 bits per heavy atom. The molecule has 1 aliphatic rings. The number of carbonyl (C=O) groups excluding carboxylic acids is 1. The van der Waals surface area contributed by atoms with Gasteiger partial charge in [0.05, 0.1) is 0 Å². The maximum atomic E-state index is 13.2. The lowest BCUT2D eigenvalue weighted by molar-refractivity contribution is -0.136. The first-order valence-corrected chi connectivity index (χ1v) is 8.91. The first-order valence-electron chi connectivity index (χ1n) is 8.91. The second kappa shape index (κ2) is 9.64. The molecule has 2 heterocycles. The van der Waals surface area contributed by atoms with Crippen molar-refractivity contribution in [3.8, 4) is 0 Å². The van der Waals surface area contributed by atoms with Crippen LogP contribution in [-0.2, 0) is 11.2 Å². The maximum absolute atomic E-state index is 13.2. The molecule has 1 aromatic heterocycles. The molecule has 0 saturated carbocycles. The van der Waals surface area contributed by atoms with E-state index >= 15 is 0 Å². The average Bonchev–Trinajstić information content (AvgIpc) is 3.07. The first kappa shape index (κ1) is 20.3. The van der Waals surface area contributed by atoms with E-state index in [1.165, 1.54) is 0 Å². The number of nitrogens with one attached hydrogen (secondary N) is 1. The third-order valence-corrected chi connectivity index (χ3v) is 4.93. The number of rotatable bonds is 6. The normalized spacial score (nSPS) is 16.2. The Labute approximate surface area is 160 Å². The third-order valence-electron chi connectivity index (χ3n) is 4.93. The second-order valence-corrected chi connectivity index (χ2v) is 6.70. The van der Waals surface area contributed by atoms with E-state index in [2.05, 4.69) is 20.8 Å². The molecule has 1 fully saturated rings. The van der Waals surface area contributed by atoms with Crippen LogP contribution in [0.5, 0.6) is 0 Å². The topological polar surface area (TPSA) is 75.9 Å². The Balaban J connectivity index is 0.00000243. The number of halogens is 1. The quantitative estimate of drug-likeness (QED) is 0.827. The zero-order valence-corrected chi connectivity index (χ0v) is 16.2. The fraction of sp³-hybridized carbons (Fsp3) is 0.556. The molecule has 1 saturated heterocycles. The molecule has 1 atom stereocenters. The lowest BCUT2D eigenvalue weighted by atomic mass is 9.95. The Bertz CT molecular complexity index is 684. The largest absolute Gasteiger partial charge is 0.341 e. The summed E-state index contributed by atoms with van der Waals surface area (Å²) in [4.78, 5) is 15.2. The summed E-state index contributed by atoms with van der Waals surface area (Å²) in [6.45, 7) is 4.46. The van der Waals surface area contributed by atoms with E-state index < -0.39 is 6.04 Å². The fourth-order valence-corrected chi connectivity index (χ4v) is 3.50. The van der Waals surface area contributed by atoms with Crippen LogP contribution in [0.3, 0.4) is 0 Å². The van der Waals surface area contributed by atoms with Gasteiger partial charge in [0.25, 0.3) is 0 Å². The van der Waals surface area contributed by atoms with E-state index in [0.29, 0.717) is 18.2 Å². The van der Waals surface area contributed by atoms with Gasteiger partial charge < -0.3 is 10.2 Å². The standard InChI is InChI=1S/C18H26N6O.ClH/c1-14-20-21-22-24(14)17(12-15-6-4-3-5-7-15)18(25)23-10-8-16(9-11-23)13-19-2;/h3-7,16-17,19H,8-13H2,1-2H3;1H. The zero-order chi connectivity index (χ0) is 17.6. The predicted octanol–water partition coefficient (Wildman–Crippen LogP) is 1.65. The molecule has 26 heavy (non-hydrogen) atoms. The highest BCUT2D eigenvalue weighted by atomic mass is 35.5. The van der Waals surface area contributed by atoms with Gasteiger partial charge in [-0.25, -0.2) is 4.68 Å². The number of hydrogen-bond donors (Lipinski definition) is 1. The molecule has 0 spiro atoms. The lowest BCUT2D eigenvalue weighted by Gasteiger charge is -2.34. The van der Waals surface area contributed by atoms with Crippen LogP contribution in [0.25, 0.3) is 0 Å². The van der Waals surface area contributed by atoms with Crippen molar-refractivity contribution in [2.75, 3.05) is 26.7 Å². The van der Waals surface area contributed by atoms with E-state index in [1.54, 1.807) is 4.68 Å². The summed E-state index contributed by atoms with van der Waals surface area (Å²) >= 11 is 0. The summed E-state index contributed by atoms with van der Waals surface area (Å²) in [6, 6.07) is 9.66. The SMILES string of the molecule is CNCC1CCN(C(=O)C(Cc2ccccc2)n2nnnc2C)CC1.Cl. The van der Waals surface area contributed by atoms with Gasteiger partial charge in [-0.15, -0.1) is 17.5 Å². The van der Waals surface area contributed by atoms with E-state index in [4.69, 9.17) is 0 Å². The lowest BCUT2D eigenvalue weighted by Crippen LogP contribution is -2.44. The van der Waals surface area contributed by atoms with Crippen molar-refractivity contribution < 1.29 is 4.79 Å². The zero-order valence-electron chi connectivity index (χ0n) is 15.3. The van der Waals surface area contributed by atoms with Crippen LogP contribution in [0.2, 0.25) is 0 Å². The minimum absolute atomic E-state index is 0. The first-order chi connectivity index (χ1) is 12.2. The number of hydrogen-bond acceptors (Lipinski definition) is 5. The molecule has 2 aromatic rings. The van der Waals surface area contributed by atoms with Crippen LogP contribution in [0.1, 0.15) is 30.3 Å². The van der Waals surface area contributed by atoms with Crippen LogP contribution < -0.4 is 5.32 Å². The summed E-state index contributed by atoms with van der Waals surface area (Å²) in [5, 5.41) is 15.0. The minimum Gasteiger partial charge on any atom is -0.341 e. The van der Waals surface area contributed by atoms with Crippen molar-refractivity contribution in [3.05, 3.63) is 41.7 Å². The van der Waals surface area contributed by atoms with E-state index in [-0.39, 0.29) is 18.3 Å². The van der Waals surface area contributed by atoms with Gasteiger partial charge in [-0.05, 0) is 55.3 Å². The Morgan fingerprint density at radius 1 is 1.27 bits per heavy atom. The maximum Gasteiger partial charge on any atom is 0.247 e. The highest BCUT2D eigenvalue weighted by Gasteiger charge is 2.31. The van der Waals surface area contributed by atoms with Crippen LogP contribution in [0.4, 0.5) is 0 Å². The summed E-state index contributed by atoms with van der Waals surface area (Å²) in [5.74, 6) is 1.43. The highest BCUT2D eigenvalue weighted by molar-refractivity contribution is 5.85. The van der Waals surface area contributed by atoms with Gasteiger partial charge in [0.15, 0.2) is 0 Å². The van der Waals surface area contributed by atoms with Crippen LogP contribution in [0.15, 0.2) is 30.3 Å². The summed E-state index contributed by atoms with van der Waals surface area (Å²) in [6.07, 6.45) is 2.68. The molecule has 7 nitrogen and oxygen atoms in total. The molecule has 3 rings (SSSR count). The van der Waals surface area contributed by atoms with Gasteiger partial charge in [0.2, 0.25) is 5.91 Å². The molecular formula is C18H27ClN6O. The van der Waals surface area contributed by atoms with Crippen molar-refractivity contribution in [2.45, 2.75) is 32.2 Å². The second-order valence-electron chi connectivity index (χ2n) is 6.70. The molecule has 8 heteroatoms. The number of aromatic nitrogens is 4. The summed E-state index contributed by atoms with van der Waals surface area (Å²) in [7, 11) is 1.98. The minimum atomic E-state index is -0.391. The van der Waals surface area contributed by atoms with Gasteiger partial charge in [0, 0.05) is 19.5 Å². The molecule has 1 aromatic carbocycles. The number of piperidine rings is 1. The molecule has 0 bridgehead atoms. The Morgan fingerprint density at radius 2 is 1.96 bits per heavy atom. The predicted molar refractivity (Wildman–Crippen MR) is 102 cm³/mol. The van der Waals surface area contributed by atoms with Gasteiger partial charge in [0.1, 0.15) is 11.9 Å². The molecule has 1 aliphatic heterocycles. The Hall–Kier alpha value is -1.99. The van der Waals surface area contributed by atoms with E-state index in [1.807, 2.05) is 49.2 Å². The summed E-state index contributed by atoms with van der Waals surface area (Å²) < 4.78 is 1.66. The molecule has 0 radical (unpaired) electrons. The van der Waals surface area contributed by atoms with Crippen molar-refractivity contribution in [3.63, 3.8) is 0 Å². The van der Waals surface area contributed by atoms with Crippen LogP contribution >= 0.6 is 12.4 Å². The molecule has 1 unspecified atom stereocenters. The molecule has 1 amide bonds. The molecule has 142 valence electrons. The van der Waals surface area contributed by atoms with Gasteiger partial charge in [-0.3, -0.25) is 4.79 Å². The third kappa shape index (κ3) is 4.80. The van der Waals surface area contributed by atoms with Gasteiger partial charge >= 0.3 is 0 Å². The number of benzene rings is 1. The number of likely N-dealkylation sites (tertiary alicyclic amines) is 1. The summed E-state index contributed by atoms with van der Waals surface area (Å²) in [5.41, 5.74) is 1.11. The molecular weight excluding hydrogens is 352 g/mol. The number of aryl methyl sites for hydroxylation is 1. The molecule has 0 aliphatic carbocycles. The van der Waals surface area contributed by atoms with E-state index in [0.717, 1.165) is 38.0 Å². The van der Waals surface area contributed by atoms with Crippen molar-refractivity contribution in [1.29, 1.82) is 0 Å². The van der Waals surface area contributed by atoms with Gasteiger partial charge in [-0.2, -0.15) is 0 Å². The highest BCUT2D eigenvalue weighted by Crippen LogP contribution is 2.22. The number of amides is 1. The number of carbonyl (C=O) groups is 1. The van der Waals surface area contributed by atoms with Crippen molar-refractivity contribution in [2.24, 2.45) is 5.92 Å².